The maximum Gasteiger partial charge on any atom is 0.417 e. The predicted octanol–water partition coefficient (Wildman–Crippen LogP) is 1.00. The quantitative estimate of drug-likeness (QED) is 0.121. The molecule has 0 spiro atoms. The number of nitrogens with zero attached hydrogens (tertiary/aromatic N) is 2. The highest BCUT2D eigenvalue weighted by Crippen LogP contribution is 2.21. The van der Waals surface area contributed by atoms with E-state index in [0.29, 0.717) is 25.7 Å². The summed E-state index contributed by atoms with van der Waals surface area (Å²) in [5, 5.41) is 5.29. The van der Waals surface area contributed by atoms with Crippen LogP contribution in [0, 0.1) is 5.92 Å². The van der Waals surface area contributed by atoms with E-state index in [4.69, 9.17) is 16.2 Å². The van der Waals surface area contributed by atoms with E-state index >= 15 is 0 Å². The number of carbonyl (C=O) groups is 5. The number of imide groups is 1. The molecule has 1 fully saturated rings. The lowest BCUT2D eigenvalue weighted by Crippen LogP contribution is -2.55. The largest absolute Gasteiger partial charge is 0.444 e. The molecule has 2 rings (SSSR count). The maximum absolute atomic E-state index is 13.1. The van der Waals surface area contributed by atoms with Gasteiger partial charge in [-0.25, -0.2) is 9.69 Å². The lowest BCUT2D eigenvalue weighted by atomic mass is 10.0. The van der Waals surface area contributed by atoms with Gasteiger partial charge in [0.05, 0.1) is 6.04 Å². The molecule has 0 aromatic heterocycles. The third kappa shape index (κ3) is 10.4. The van der Waals surface area contributed by atoms with Crippen LogP contribution in [0.4, 0.5) is 4.79 Å². The Labute approximate surface area is 228 Å². The Morgan fingerprint density at radius 3 is 2.47 bits per heavy atom. The summed E-state index contributed by atoms with van der Waals surface area (Å²) >= 11 is 0. The zero-order valence-electron chi connectivity index (χ0n) is 21.6. The summed E-state index contributed by atoms with van der Waals surface area (Å²) in [5.74, 6) is -1.73. The minimum Gasteiger partial charge on any atom is -0.444 e. The second-order valence-corrected chi connectivity index (χ2v) is 9.25. The zero-order chi connectivity index (χ0) is 27.4. The third-order valence-corrected chi connectivity index (χ3v) is 5.72. The number of carbonyl (C=O) groups excluding carboxylic acids is 5. The number of hydrogen-bond acceptors (Lipinski definition) is 7. The number of amides is 4. The van der Waals surface area contributed by atoms with Crippen molar-refractivity contribution in [1.29, 1.82) is 0 Å². The summed E-state index contributed by atoms with van der Waals surface area (Å²) in [7, 11) is 0. The summed E-state index contributed by atoms with van der Waals surface area (Å²) < 4.78 is 5.25. The molecular formula is C25H37ClN6O6. The van der Waals surface area contributed by atoms with Crippen LogP contribution >= 0.6 is 12.4 Å². The Morgan fingerprint density at radius 2 is 1.87 bits per heavy atom. The SMILES string of the molecule is CC(C)C[C@H](NC(=O)[C@H]1CCC(=O)N1C(=O)OCc1ccccc1)C(=O)N[C@H](C=O)CCCN=C(N)N.Cl. The molecule has 3 atom stereocenters. The van der Waals surface area contributed by atoms with Crippen molar-refractivity contribution in [2.75, 3.05) is 6.54 Å². The van der Waals surface area contributed by atoms with Gasteiger partial charge in [0.2, 0.25) is 17.7 Å². The monoisotopic (exact) mass is 552 g/mol. The predicted molar refractivity (Wildman–Crippen MR) is 143 cm³/mol. The lowest BCUT2D eigenvalue weighted by molar-refractivity contribution is -0.136. The van der Waals surface area contributed by atoms with E-state index in [0.717, 1.165) is 10.5 Å². The zero-order valence-corrected chi connectivity index (χ0v) is 22.4. The van der Waals surface area contributed by atoms with Crippen molar-refractivity contribution in [1.82, 2.24) is 15.5 Å². The number of benzene rings is 1. The number of ether oxygens (including phenoxy) is 1. The average Bonchev–Trinajstić information content (AvgIpc) is 3.25. The number of nitrogens with two attached hydrogens (primary N) is 2. The van der Waals surface area contributed by atoms with E-state index < -0.39 is 41.9 Å². The smallest absolute Gasteiger partial charge is 0.417 e. The van der Waals surface area contributed by atoms with E-state index in [1.165, 1.54) is 0 Å². The highest BCUT2D eigenvalue weighted by molar-refractivity contribution is 6.01. The second kappa shape index (κ2) is 16.2. The highest BCUT2D eigenvalue weighted by atomic mass is 35.5. The van der Waals surface area contributed by atoms with Crippen LogP contribution in [0.5, 0.6) is 0 Å². The van der Waals surface area contributed by atoms with Crippen LogP contribution in [0.25, 0.3) is 0 Å². The van der Waals surface area contributed by atoms with Gasteiger partial charge in [-0.3, -0.25) is 19.4 Å². The van der Waals surface area contributed by atoms with Crippen molar-refractivity contribution in [3.63, 3.8) is 0 Å². The fourth-order valence-electron chi connectivity index (χ4n) is 3.90. The molecule has 38 heavy (non-hydrogen) atoms. The van der Waals surface area contributed by atoms with Crippen molar-refractivity contribution < 1.29 is 28.7 Å². The van der Waals surface area contributed by atoms with Crippen LogP contribution in [0.1, 0.15) is 51.5 Å². The molecule has 1 heterocycles. The first-order valence-electron chi connectivity index (χ1n) is 12.3. The summed E-state index contributed by atoms with van der Waals surface area (Å²) in [4.78, 5) is 67.2. The third-order valence-electron chi connectivity index (χ3n) is 5.72. The van der Waals surface area contributed by atoms with E-state index in [9.17, 15) is 24.0 Å². The molecule has 4 amide bonds. The van der Waals surface area contributed by atoms with Gasteiger partial charge in [0, 0.05) is 13.0 Å². The number of aliphatic imine (C=N–C) groups is 1. The van der Waals surface area contributed by atoms with Gasteiger partial charge in [0.25, 0.3) is 0 Å². The van der Waals surface area contributed by atoms with E-state index in [1.54, 1.807) is 24.3 Å². The molecule has 1 aromatic rings. The molecule has 210 valence electrons. The van der Waals surface area contributed by atoms with Gasteiger partial charge in [-0.15, -0.1) is 12.4 Å². The van der Waals surface area contributed by atoms with Crippen molar-refractivity contribution in [3.05, 3.63) is 35.9 Å². The topological polar surface area (TPSA) is 186 Å². The van der Waals surface area contributed by atoms with Crippen molar-refractivity contribution >= 4 is 48.5 Å². The van der Waals surface area contributed by atoms with Crippen LogP contribution in [-0.4, -0.2) is 65.6 Å². The van der Waals surface area contributed by atoms with Crippen LogP contribution < -0.4 is 22.1 Å². The molecule has 13 heteroatoms. The first kappa shape index (κ1) is 32.4. The lowest BCUT2D eigenvalue weighted by Gasteiger charge is -2.26. The molecule has 1 aromatic carbocycles. The van der Waals surface area contributed by atoms with Crippen molar-refractivity contribution in [3.8, 4) is 0 Å². The van der Waals surface area contributed by atoms with Gasteiger partial charge in [-0.05, 0) is 37.2 Å². The number of halogens is 1. The number of rotatable bonds is 13. The van der Waals surface area contributed by atoms with Crippen molar-refractivity contribution in [2.24, 2.45) is 22.4 Å². The molecule has 1 saturated heterocycles. The summed E-state index contributed by atoms with van der Waals surface area (Å²) in [5.41, 5.74) is 11.3. The molecule has 1 aliphatic rings. The number of nitrogens with one attached hydrogen (secondary N) is 2. The van der Waals surface area contributed by atoms with Crippen LogP contribution in [-0.2, 0) is 30.5 Å². The first-order chi connectivity index (χ1) is 17.6. The first-order valence-corrected chi connectivity index (χ1v) is 12.3. The highest BCUT2D eigenvalue weighted by Gasteiger charge is 2.42. The van der Waals surface area contributed by atoms with Gasteiger partial charge in [-0.2, -0.15) is 0 Å². The van der Waals surface area contributed by atoms with Gasteiger partial charge >= 0.3 is 6.09 Å². The molecule has 12 nitrogen and oxygen atoms in total. The van der Waals surface area contributed by atoms with Gasteiger partial charge in [0.15, 0.2) is 5.96 Å². The summed E-state index contributed by atoms with van der Waals surface area (Å²) in [6.45, 7) is 4.02. The molecular weight excluding hydrogens is 516 g/mol. The fourth-order valence-corrected chi connectivity index (χ4v) is 3.90. The molecule has 0 bridgehead atoms. The van der Waals surface area contributed by atoms with Crippen LogP contribution in [0.15, 0.2) is 35.3 Å². The maximum atomic E-state index is 13.1. The summed E-state index contributed by atoms with van der Waals surface area (Å²) in [6, 6.07) is 6.09. The molecule has 0 saturated carbocycles. The Kier molecular flexibility index (Phi) is 13.8. The normalized spacial score (nSPS) is 16.1. The fraction of sp³-hybridized carbons (Fsp3) is 0.520. The van der Waals surface area contributed by atoms with Crippen LogP contribution in [0.2, 0.25) is 0 Å². The average molecular weight is 553 g/mol. The van der Waals surface area contributed by atoms with E-state index in [2.05, 4.69) is 15.6 Å². The van der Waals surface area contributed by atoms with Gasteiger partial charge in [0.1, 0.15) is 25.0 Å². The Balaban J connectivity index is 0.00000722. The van der Waals surface area contributed by atoms with E-state index in [-0.39, 0.29) is 50.2 Å². The molecule has 0 radical (unpaired) electrons. The minimum atomic E-state index is -1.10. The Morgan fingerprint density at radius 1 is 1.18 bits per heavy atom. The number of guanidine groups is 1. The standard InChI is InChI=1S/C25H36N6O6.ClH/c1-16(2)13-19(22(34)29-18(14-32)9-6-12-28-24(26)27)30-23(35)20-10-11-21(33)31(20)25(36)37-15-17-7-4-3-5-8-17;/h3-5,7-8,14,16,18-20H,6,9-13,15H2,1-2H3,(H,29,34)(H,30,35)(H4,26,27,28);1H/t18-,19-,20+;/m0./s1. The molecule has 0 aliphatic carbocycles. The molecule has 6 N–H and O–H groups in total. The van der Waals surface area contributed by atoms with E-state index in [1.807, 2.05) is 19.9 Å². The molecule has 0 unspecified atom stereocenters. The number of likely N-dealkylation sites (tertiary alicyclic amines) is 1. The number of hydrogen-bond donors (Lipinski definition) is 4. The minimum absolute atomic E-state index is 0. The van der Waals surface area contributed by atoms with Gasteiger partial charge in [-0.1, -0.05) is 44.2 Å². The molecule has 1 aliphatic heterocycles. The number of aldehydes is 1. The second-order valence-electron chi connectivity index (χ2n) is 9.25. The van der Waals surface area contributed by atoms with Crippen LogP contribution in [0.3, 0.4) is 0 Å². The van der Waals surface area contributed by atoms with Crippen molar-refractivity contribution in [2.45, 2.75) is 70.7 Å². The Hall–Kier alpha value is -3.67. The Bertz CT molecular complexity index is 986. The summed E-state index contributed by atoms with van der Waals surface area (Å²) in [6.07, 6.45) is 0.876. The van der Waals surface area contributed by atoms with Gasteiger partial charge < -0.3 is 31.6 Å².